The number of nitrogen functional groups attached to an aromatic ring is 1. The molecule has 18 heavy (non-hydrogen) atoms. The molecule has 1 fully saturated rings. The number of aliphatic hydroxyl groups is 1. The number of hydrogen-bond donors (Lipinski definition) is 3. The van der Waals surface area contributed by atoms with Crippen molar-refractivity contribution in [3.63, 3.8) is 0 Å². The molecular formula is C12H18N4O2. The predicted octanol–water partition coefficient (Wildman–Crippen LogP) is -0.0483. The number of hydrogen-bond acceptors (Lipinski definition) is 5. The van der Waals surface area contributed by atoms with E-state index in [4.69, 9.17) is 15.9 Å². The molecule has 98 valence electrons. The predicted molar refractivity (Wildman–Crippen MR) is 68.9 cm³/mol. The molecule has 2 heterocycles. The van der Waals surface area contributed by atoms with Crippen LogP contribution in [0.15, 0.2) is 18.3 Å². The summed E-state index contributed by atoms with van der Waals surface area (Å²) in [5.74, 6) is 0.787. The van der Waals surface area contributed by atoms with Crippen LogP contribution >= 0.6 is 0 Å². The first kappa shape index (κ1) is 12.8. The molecule has 0 bridgehead atoms. The van der Waals surface area contributed by atoms with Gasteiger partial charge in [0.2, 0.25) is 0 Å². The summed E-state index contributed by atoms with van der Waals surface area (Å²) in [6.45, 7) is 3.26. The van der Waals surface area contributed by atoms with Crippen molar-refractivity contribution in [2.45, 2.75) is 19.1 Å². The van der Waals surface area contributed by atoms with E-state index >= 15 is 0 Å². The molecule has 1 aliphatic rings. The number of aromatic nitrogens is 1. The zero-order valence-corrected chi connectivity index (χ0v) is 10.3. The number of nitrogens with two attached hydrogens (primary N) is 1. The number of aliphatic hydroxyl groups excluding tert-OH is 1. The van der Waals surface area contributed by atoms with Crippen LogP contribution in [0.25, 0.3) is 0 Å². The van der Waals surface area contributed by atoms with Crippen LogP contribution in [0.2, 0.25) is 0 Å². The summed E-state index contributed by atoms with van der Waals surface area (Å²) in [4.78, 5) is 6.33. The van der Waals surface area contributed by atoms with Crippen molar-refractivity contribution in [3.8, 4) is 0 Å². The van der Waals surface area contributed by atoms with Crippen LogP contribution in [-0.4, -0.2) is 47.8 Å². The van der Waals surface area contributed by atoms with Gasteiger partial charge in [0, 0.05) is 24.8 Å². The Morgan fingerprint density at radius 3 is 3.11 bits per heavy atom. The summed E-state index contributed by atoms with van der Waals surface area (Å²) in [5, 5.41) is 16.6. The first-order valence-corrected chi connectivity index (χ1v) is 5.92. The Morgan fingerprint density at radius 2 is 2.44 bits per heavy atom. The highest BCUT2D eigenvalue weighted by Crippen LogP contribution is 2.19. The van der Waals surface area contributed by atoms with Crippen LogP contribution < -0.4 is 10.6 Å². The van der Waals surface area contributed by atoms with E-state index in [-0.39, 0.29) is 24.7 Å². The van der Waals surface area contributed by atoms with Crippen LogP contribution in [-0.2, 0) is 4.74 Å². The van der Waals surface area contributed by atoms with Gasteiger partial charge in [-0.05, 0) is 19.1 Å². The van der Waals surface area contributed by atoms with E-state index in [0.717, 1.165) is 5.82 Å². The summed E-state index contributed by atoms with van der Waals surface area (Å²) in [6.07, 6.45) is 1.48. The summed E-state index contributed by atoms with van der Waals surface area (Å²) < 4.78 is 5.58. The Balaban J connectivity index is 2.19. The van der Waals surface area contributed by atoms with Crippen molar-refractivity contribution in [2.24, 2.45) is 5.73 Å². The van der Waals surface area contributed by atoms with Gasteiger partial charge in [-0.3, -0.25) is 5.41 Å². The third-order valence-corrected chi connectivity index (χ3v) is 2.91. The second-order valence-corrected chi connectivity index (χ2v) is 4.47. The first-order valence-electron chi connectivity index (χ1n) is 5.92. The molecule has 1 saturated heterocycles. The van der Waals surface area contributed by atoms with Gasteiger partial charge in [0.25, 0.3) is 0 Å². The molecule has 0 radical (unpaired) electrons. The number of nitrogens with zero attached hydrogens (tertiary/aromatic N) is 2. The average Bonchev–Trinajstić information content (AvgIpc) is 2.38. The van der Waals surface area contributed by atoms with Crippen molar-refractivity contribution in [1.82, 2.24) is 4.98 Å². The Kier molecular flexibility index (Phi) is 3.78. The van der Waals surface area contributed by atoms with Crippen molar-refractivity contribution in [3.05, 3.63) is 23.9 Å². The molecule has 6 nitrogen and oxygen atoms in total. The van der Waals surface area contributed by atoms with Gasteiger partial charge in [-0.2, -0.15) is 0 Å². The largest absolute Gasteiger partial charge is 0.394 e. The minimum absolute atomic E-state index is 0.00671. The first-order chi connectivity index (χ1) is 8.60. The third kappa shape index (κ3) is 2.77. The molecule has 2 rings (SSSR count). The second-order valence-electron chi connectivity index (χ2n) is 4.47. The summed E-state index contributed by atoms with van der Waals surface area (Å²) in [6, 6.07) is 3.49. The molecule has 4 N–H and O–H groups in total. The number of amidine groups is 1. The lowest BCUT2D eigenvalue weighted by molar-refractivity contribution is -0.0423. The molecule has 0 aromatic carbocycles. The average molecular weight is 250 g/mol. The summed E-state index contributed by atoms with van der Waals surface area (Å²) in [5.41, 5.74) is 6.12. The Bertz CT molecular complexity index is 438. The highest BCUT2D eigenvalue weighted by Gasteiger charge is 2.25. The van der Waals surface area contributed by atoms with Gasteiger partial charge >= 0.3 is 0 Å². The third-order valence-electron chi connectivity index (χ3n) is 2.91. The van der Waals surface area contributed by atoms with E-state index in [2.05, 4.69) is 4.98 Å². The molecule has 1 aromatic rings. The maximum absolute atomic E-state index is 9.19. The van der Waals surface area contributed by atoms with E-state index in [1.807, 2.05) is 11.8 Å². The normalized spacial score (nSPS) is 24.0. The van der Waals surface area contributed by atoms with Crippen molar-refractivity contribution >= 4 is 11.7 Å². The molecular weight excluding hydrogens is 232 g/mol. The van der Waals surface area contributed by atoms with Gasteiger partial charge in [0.1, 0.15) is 11.7 Å². The van der Waals surface area contributed by atoms with Crippen LogP contribution in [0.3, 0.4) is 0 Å². The van der Waals surface area contributed by atoms with E-state index in [9.17, 15) is 5.11 Å². The highest BCUT2D eigenvalue weighted by molar-refractivity contribution is 5.95. The molecule has 2 unspecified atom stereocenters. The summed E-state index contributed by atoms with van der Waals surface area (Å²) >= 11 is 0. The fraction of sp³-hybridized carbons (Fsp3) is 0.500. The molecule has 2 atom stereocenters. The topological polar surface area (TPSA) is 95.5 Å². The fourth-order valence-corrected chi connectivity index (χ4v) is 2.09. The van der Waals surface area contributed by atoms with Crippen LogP contribution in [0.1, 0.15) is 12.5 Å². The maximum atomic E-state index is 9.19. The lowest BCUT2D eigenvalue weighted by Gasteiger charge is -2.36. The zero-order chi connectivity index (χ0) is 13.1. The quantitative estimate of drug-likeness (QED) is 0.516. The number of pyridine rings is 1. The van der Waals surface area contributed by atoms with Gasteiger partial charge in [0.15, 0.2) is 0 Å². The fourth-order valence-electron chi connectivity index (χ4n) is 2.09. The number of ether oxygens (including phenoxy) is 1. The van der Waals surface area contributed by atoms with Gasteiger partial charge in [-0.25, -0.2) is 4.98 Å². The smallest absolute Gasteiger partial charge is 0.129 e. The minimum Gasteiger partial charge on any atom is -0.394 e. The lowest BCUT2D eigenvalue weighted by Crippen LogP contribution is -2.48. The van der Waals surface area contributed by atoms with Crippen LogP contribution in [0.4, 0.5) is 5.82 Å². The molecule has 0 spiro atoms. The van der Waals surface area contributed by atoms with Crippen molar-refractivity contribution in [2.75, 3.05) is 24.6 Å². The molecule has 0 saturated carbocycles. The van der Waals surface area contributed by atoms with Gasteiger partial charge in [-0.15, -0.1) is 0 Å². The van der Waals surface area contributed by atoms with E-state index in [1.165, 1.54) is 0 Å². The molecule has 6 heteroatoms. The van der Waals surface area contributed by atoms with E-state index in [1.54, 1.807) is 18.3 Å². The van der Waals surface area contributed by atoms with Gasteiger partial charge in [0.05, 0.1) is 18.8 Å². The SMILES string of the molecule is CC1CN(c2cc(C(=N)N)ccn2)CC(CO)O1. The van der Waals surface area contributed by atoms with Crippen LogP contribution in [0, 0.1) is 5.41 Å². The van der Waals surface area contributed by atoms with E-state index < -0.39 is 0 Å². The summed E-state index contributed by atoms with van der Waals surface area (Å²) in [7, 11) is 0. The number of morpholine rings is 1. The number of nitrogens with one attached hydrogen (secondary N) is 1. The number of anilines is 1. The Morgan fingerprint density at radius 1 is 1.67 bits per heavy atom. The second kappa shape index (κ2) is 5.32. The van der Waals surface area contributed by atoms with Crippen molar-refractivity contribution in [1.29, 1.82) is 5.41 Å². The Hall–Kier alpha value is -1.66. The van der Waals surface area contributed by atoms with Gasteiger partial charge < -0.3 is 20.5 Å². The van der Waals surface area contributed by atoms with Gasteiger partial charge in [-0.1, -0.05) is 0 Å². The molecule has 1 aromatic heterocycles. The van der Waals surface area contributed by atoms with E-state index in [0.29, 0.717) is 18.7 Å². The van der Waals surface area contributed by atoms with Crippen molar-refractivity contribution < 1.29 is 9.84 Å². The maximum Gasteiger partial charge on any atom is 0.129 e. The standard InChI is InChI=1S/C12H18N4O2/c1-8-5-16(6-10(7-17)18-8)11-4-9(12(13)14)2-3-15-11/h2-4,8,10,17H,5-7H2,1H3,(H3,13,14). The monoisotopic (exact) mass is 250 g/mol. The Labute approximate surface area is 106 Å². The number of rotatable bonds is 3. The minimum atomic E-state index is -0.198. The highest BCUT2D eigenvalue weighted by atomic mass is 16.5. The van der Waals surface area contributed by atoms with Crippen LogP contribution in [0.5, 0.6) is 0 Å². The zero-order valence-electron chi connectivity index (χ0n) is 10.3. The lowest BCUT2D eigenvalue weighted by atomic mass is 10.2. The molecule has 1 aliphatic heterocycles. The molecule has 0 aliphatic carbocycles. The molecule has 0 amide bonds.